The molecule has 1 unspecified atom stereocenters. The summed E-state index contributed by atoms with van der Waals surface area (Å²) in [7, 11) is 2.98. The van der Waals surface area contributed by atoms with Gasteiger partial charge in [-0.15, -0.1) is 0 Å². The number of methoxy groups -OCH3 is 2. The van der Waals surface area contributed by atoms with Crippen LogP contribution in [0.25, 0.3) is 0 Å². The number of rotatable bonds is 6. The van der Waals surface area contributed by atoms with Crippen molar-refractivity contribution in [2.75, 3.05) is 19.5 Å². The van der Waals surface area contributed by atoms with Crippen LogP contribution >= 0.6 is 0 Å². The highest BCUT2D eigenvalue weighted by molar-refractivity contribution is 5.68. The molecule has 1 aliphatic rings. The molecule has 0 heterocycles. The van der Waals surface area contributed by atoms with Gasteiger partial charge in [0.1, 0.15) is 5.69 Å². The first kappa shape index (κ1) is 14.4. The van der Waals surface area contributed by atoms with Gasteiger partial charge >= 0.3 is 0 Å². The maximum atomic E-state index is 11.2. The van der Waals surface area contributed by atoms with Crippen LogP contribution in [-0.4, -0.2) is 25.2 Å². The fourth-order valence-corrected chi connectivity index (χ4v) is 2.44. The molecule has 20 heavy (non-hydrogen) atoms. The zero-order valence-corrected chi connectivity index (χ0v) is 12.0. The van der Waals surface area contributed by atoms with Crippen molar-refractivity contribution >= 4 is 11.4 Å². The molecule has 0 amide bonds. The van der Waals surface area contributed by atoms with Crippen LogP contribution in [0, 0.1) is 16.0 Å². The Bertz CT molecular complexity index is 500. The van der Waals surface area contributed by atoms with Crippen LogP contribution in [0.3, 0.4) is 0 Å². The Kier molecular flexibility index (Phi) is 4.32. The van der Waals surface area contributed by atoms with E-state index in [4.69, 9.17) is 9.47 Å². The second-order valence-corrected chi connectivity index (χ2v) is 5.11. The van der Waals surface area contributed by atoms with E-state index >= 15 is 0 Å². The second kappa shape index (κ2) is 5.98. The summed E-state index contributed by atoms with van der Waals surface area (Å²) in [6, 6.07) is 3.24. The number of nitrogens with one attached hydrogen (secondary N) is 1. The van der Waals surface area contributed by atoms with Crippen molar-refractivity contribution < 1.29 is 14.4 Å². The van der Waals surface area contributed by atoms with E-state index in [0.29, 0.717) is 23.1 Å². The van der Waals surface area contributed by atoms with Gasteiger partial charge in [0.25, 0.3) is 5.69 Å². The number of hydrogen-bond acceptors (Lipinski definition) is 5. The van der Waals surface area contributed by atoms with E-state index in [0.717, 1.165) is 0 Å². The molecule has 1 aromatic rings. The summed E-state index contributed by atoms with van der Waals surface area (Å²) in [5.41, 5.74) is 0.487. The highest BCUT2D eigenvalue weighted by atomic mass is 16.6. The van der Waals surface area contributed by atoms with Gasteiger partial charge in [-0.1, -0.05) is 6.42 Å². The molecule has 0 aliphatic heterocycles. The monoisotopic (exact) mass is 280 g/mol. The molecule has 2 rings (SSSR count). The van der Waals surface area contributed by atoms with E-state index in [1.807, 2.05) is 0 Å². The minimum atomic E-state index is -0.405. The van der Waals surface area contributed by atoms with Crippen molar-refractivity contribution in [1.82, 2.24) is 0 Å². The Labute approximate surface area is 118 Å². The van der Waals surface area contributed by atoms with Gasteiger partial charge in [0.05, 0.1) is 25.2 Å². The fourth-order valence-electron chi connectivity index (χ4n) is 2.44. The number of anilines is 1. The predicted octanol–water partition coefficient (Wildman–Crippen LogP) is 3.21. The van der Waals surface area contributed by atoms with E-state index in [1.54, 1.807) is 6.07 Å². The molecule has 1 aliphatic carbocycles. The lowest BCUT2D eigenvalue weighted by molar-refractivity contribution is -0.384. The normalized spacial score (nSPS) is 16.1. The van der Waals surface area contributed by atoms with E-state index < -0.39 is 4.92 Å². The summed E-state index contributed by atoms with van der Waals surface area (Å²) >= 11 is 0. The van der Waals surface area contributed by atoms with Crippen LogP contribution < -0.4 is 14.8 Å². The molecule has 1 fully saturated rings. The van der Waals surface area contributed by atoms with Gasteiger partial charge in [-0.2, -0.15) is 0 Å². The van der Waals surface area contributed by atoms with Crippen molar-refractivity contribution in [2.45, 2.75) is 32.2 Å². The number of ether oxygens (including phenoxy) is 2. The summed E-state index contributed by atoms with van der Waals surface area (Å²) < 4.78 is 10.3. The highest BCUT2D eigenvalue weighted by Crippen LogP contribution is 2.39. The van der Waals surface area contributed by atoms with Crippen molar-refractivity contribution in [3.8, 4) is 11.5 Å². The van der Waals surface area contributed by atoms with Gasteiger partial charge < -0.3 is 14.8 Å². The summed E-state index contributed by atoms with van der Waals surface area (Å²) in [4.78, 5) is 10.8. The van der Waals surface area contributed by atoms with E-state index in [2.05, 4.69) is 12.2 Å². The molecule has 0 aromatic heterocycles. The lowest BCUT2D eigenvalue weighted by Gasteiger charge is -2.32. The molecule has 0 bridgehead atoms. The zero-order valence-electron chi connectivity index (χ0n) is 12.0. The summed E-state index contributed by atoms with van der Waals surface area (Å²) in [6.07, 6.45) is 3.59. The molecule has 6 heteroatoms. The third-order valence-electron chi connectivity index (χ3n) is 3.94. The number of nitro benzene ring substituents is 1. The van der Waals surface area contributed by atoms with Crippen LogP contribution in [0.15, 0.2) is 12.1 Å². The minimum absolute atomic E-state index is 0.00817. The lowest BCUT2D eigenvalue weighted by Crippen LogP contribution is -2.31. The Morgan fingerprint density at radius 2 is 1.90 bits per heavy atom. The quantitative estimate of drug-likeness (QED) is 0.639. The largest absolute Gasteiger partial charge is 0.493 e. The summed E-state index contributed by atoms with van der Waals surface area (Å²) in [6.45, 7) is 2.06. The van der Waals surface area contributed by atoms with Crippen molar-refractivity contribution in [3.05, 3.63) is 22.2 Å². The van der Waals surface area contributed by atoms with Gasteiger partial charge in [-0.25, -0.2) is 0 Å². The molecule has 110 valence electrons. The van der Waals surface area contributed by atoms with Crippen LogP contribution in [0.1, 0.15) is 26.2 Å². The van der Waals surface area contributed by atoms with Crippen molar-refractivity contribution in [1.29, 1.82) is 0 Å². The first-order valence-electron chi connectivity index (χ1n) is 6.73. The number of nitro groups is 1. The molecule has 1 atom stereocenters. The molecule has 1 saturated carbocycles. The van der Waals surface area contributed by atoms with Gasteiger partial charge in [-0.3, -0.25) is 10.1 Å². The summed E-state index contributed by atoms with van der Waals surface area (Å²) in [5.74, 6) is 1.44. The van der Waals surface area contributed by atoms with Crippen molar-refractivity contribution in [3.63, 3.8) is 0 Å². The van der Waals surface area contributed by atoms with E-state index in [-0.39, 0.29) is 11.7 Å². The predicted molar refractivity (Wildman–Crippen MR) is 76.6 cm³/mol. The van der Waals surface area contributed by atoms with E-state index in [1.165, 1.54) is 39.5 Å². The molecule has 6 nitrogen and oxygen atoms in total. The number of hydrogen-bond donors (Lipinski definition) is 1. The van der Waals surface area contributed by atoms with Gasteiger partial charge in [0.2, 0.25) is 0 Å². The van der Waals surface area contributed by atoms with Crippen LogP contribution in [0.2, 0.25) is 0 Å². The summed E-state index contributed by atoms with van der Waals surface area (Å²) in [5, 5.41) is 14.4. The maximum Gasteiger partial charge on any atom is 0.296 e. The first-order valence-corrected chi connectivity index (χ1v) is 6.73. The SMILES string of the molecule is COc1cc(NC(C)C2CCC2)c([N+](=O)[O-])cc1OC. The first-order chi connectivity index (χ1) is 9.56. The molecule has 0 spiro atoms. The zero-order chi connectivity index (χ0) is 14.7. The molecule has 0 radical (unpaired) electrons. The smallest absolute Gasteiger partial charge is 0.296 e. The third-order valence-corrected chi connectivity index (χ3v) is 3.94. The molecular weight excluding hydrogens is 260 g/mol. The Morgan fingerprint density at radius 3 is 2.35 bits per heavy atom. The fraction of sp³-hybridized carbons (Fsp3) is 0.571. The van der Waals surface area contributed by atoms with Gasteiger partial charge in [0.15, 0.2) is 11.5 Å². The molecule has 1 aromatic carbocycles. The van der Waals surface area contributed by atoms with Crippen molar-refractivity contribution in [2.24, 2.45) is 5.92 Å². The van der Waals surface area contributed by atoms with Gasteiger partial charge in [-0.05, 0) is 25.7 Å². The third kappa shape index (κ3) is 2.79. The molecular formula is C14H20N2O4. The van der Waals surface area contributed by atoms with Crippen LogP contribution in [0.5, 0.6) is 11.5 Å². The van der Waals surface area contributed by atoms with E-state index in [9.17, 15) is 10.1 Å². The minimum Gasteiger partial charge on any atom is -0.493 e. The number of benzene rings is 1. The standard InChI is InChI=1S/C14H20N2O4/c1-9(10-5-4-6-10)15-11-7-13(19-2)14(20-3)8-12(11)16(17)18/h7-10,15H,4-6H2,1-3H3. The average molecular weight is 280 g/mol. The Balaban J connectivity index is 2.30. The lowest BCUT2D eigenvalue weighted by atomic mass is 9.80. The second-order valence-electron chi connectivity index (χ2n) is 5.11. The Hall–Kier alpha value is -1.98. The Morgan fingerprint density at radius 1 is 1.30 bits per heavy atom. The topological polar surface area (TPSA) is 73.6 Å². The highest BCUT2D eigenvalue weighted by Gasteiger charge is 2.27. The van der Waals surface area contributed by atoms with Crippen LogP contribution in [0.4, 0.5) is 11.4 Å². The molecule has 0 saturated heterocycles. The number of nitrogens with zero attached hydrogens (tertiary/aromatic N) is 1. The van der Waals surface area contributed by atoms with Crippen LogP contribution in [-0.2, 0) is 0 Å². The molecule has 1 N–H and O–H groups in total. The van der Waals surface area contributed by atoms with Gasteiger partial charge in [0, 0.05) is 12.1 Å². The maximum absolute atomic E-state index is 11.2. The average Bonchev–Trinajstić information content (AvgIpc) is 2.35.